The molecule has 0 N–H and O–H groups in total. The number of alkyl halides is 2. The van der Waals surface area contributed by atoms with E-state index in [9.17, 15) is 13.6 Å². The Kier molecular flexibility index (Phi) is 8.31. The molecule has 3 aromatic rings. The molecule has 1 heterocycles. The summed E-state index contributed by atoms with van der Waals surface area (Å²) >= 11 is 30.2. The second-order valence-corrected chi connectivity index (χ2v) is 7.98. The molecular weight excluding hydrogens is 531 g/mol. The molecule has 168 valence electrons. The third-order valence-electron chi connectivity index (χ3n) is 3.97. The van der Waals surface area contributed by atoms with Gasteiger partial charge in [-0.25, -0.2) is 0 Å². The van der Waals surface area contributed by atoms with E-state index in [1.54, 1.807) is 12.1 Å². The first-order chi connectivity index (χ1) is 15.2. The summed E-state index contributed by atoms with van der Waals surface area (Å²) in [6.07, 6.45) is 2.73. The van der Waals surface area contributed by atoms with Crippen LogP contribution in [0.5, 0.6) is 11.5 Å². The van der Waals surface area contributed by atoms with Crippen molar-refractivity contribution in [1.29, 1.82) is 0 Å². The lowest BCUT2D eigenvalue weighted by atomic mass is 10.1. The lowest BCUT2D eigenvalue weighted by molar-refractivity contribution is -0.0498. The quantitative estimate of drug-likeness (QED) is 0.124. The minimum atomic E-state index is -2.94. The van der Waals surface area contributed by atoms with Gasteiger partial charge in [-0.2, -0.15) is 8.78 Å². The highest BCUT2D eigenvalue weighted by atomic mass is 35.5. The zero-order chi connectivity index (χ0) is 23.4. The number of ether oxygens (including phenoxy) is 2. The van der Waals surface area contributed by atoms with Gasteiger partial charge in [-0.15, -0.1) is 0 Å². The summed E-state index contributed by atoms with van der Waals surface area (Å²) in [5.41, 5.74) is 0.291. The Morgan fingerprint density at radius 3 is 2.09 bits per heavy atom. The third-order valence-corrected chi connectivity index (χ3v) is 6.22. The average molecular weight is 543 g/mol. The maximum absolute atomic E-state index is 12.2. The van der Waals surface area contributed by atoms with Gasteiger partial charge in [0.15, 0.2) is 11.5 Å². The van der Waals surface area contributed by atoms with Crippen molar-refractivity contribution in [3.05, 3.63) is 84.7 Å². The first-order valence-electron chi connectivity index (χ1n) is 8.67. The van der Waals surface area contributed by atoms with Gasteiger partial charge in [0.25, 0.3) is 0 Å². The average Bonchev–Trinajstić information content (AvgIpc) is 3.22. The zero-order valence-corrected chi connectivity index (χ0v) is 19.5. The molecule has 0 aliphatic rings. The Morgan fingerprint density at radius 2 is 1.50 bits per heavy atom. The number of carbonyl (C=O) groups excluding carboxylic acids is 1. The molecule has 0 bridgehead atoms. The Morgan fingerprint density at radius 1 is 0.906 bits per heavy atom. The molecule has 0 fully saturated rings. The highest BCUT2D eigenvalue weighted by Crippen LogP contribution is 2.48. The molecule has 2 aromatic carbocycles. The van der Waals surface area contributed by atoms with E-state index in [4.69, 9.17) is 67.2 Å². The van der Waals surface area contributed by atoms with Gasteiger partial charge in [-0.1, -0.05) is 58.0 Å². The number of hydrogen-bond acceptors (Lipinski definition) is 4. The van der Waals surface area contributed by atoms with Crippen LogP contribution in [0.3, 0.4) is 0 Å². The van der Waals surface area contributed by atoms with Crippen LogP contribution >= 0.6 is 58.0 Å². The number of allylic oxidation sites excluding steroid dienone is 1. The maximum Gasteiger partial charge on any atom is 0.387 e. The largest absolute Gasteiger partial charge is 0.482 e. The van der Waals surface area contributed by atoms with Crippen molar-refractivity contribution in [3.8, 4) is 11.5 Å². The molecule has 0 spiro atoms. The monoisotopic (exact) mass is 540 g/mol. The van der Waals surface area contributed by atoms with Crippen LogP contribution in [0, 0.1) is 0 Å². The molecule has 32 heavy (non-hydrogen) atoms. The Labute approximate surface area is 206 Å². The normalized spacial score (nSPS) is 11.4. The molecule has 1 aromatic heterocycles. The highest BCUT2D eigenvalue weighted by Gasteiger charge is 2.21. The van der Waals surface area contributed by atoms with E-state index in [1.165, 1.54) is 36.4 Å². The smallest absolute Gasteiger partial charge is 0.387 e. The number of halogens is 7. The standard InChI is InChI=1S/C21H11Cl5F2O4/c22-15-16(23)18(25)20(19(26)17(15)24)30-9-13-6-5-11(31-13)7-8-14(29)10-1-3-12(4-2-10)32-21(27)28/h1-8,21H,9H2/b8-7+. The number of furan rings is 1. The number of benzene rings is 2. The fourth-order valence-corrected chi connectivity index (χ4v) is 3.70. The summed E-state index contributed by atoms with van der Waals surface area (Å²) in [5, 5.41) is 0.0461. The van der Waals surface area contributed by atoms with Crippen molar-refractivity contribution < 1.29 is 27.5 Å². The molecule has 0 aliphatic carbocycles. The van der Waals surface area contributed by atoms with Gasteiger partial charge in [0.1, 0.15) is 33.9 Å². The van der Waals surface area contributed by atoms with Crippen molar-refractivity contribution in [2.45, 2.75) is 13.2 Å². The highest BCUT2D eigenvalue weighted by molar-refractivity contribution is 6.55. The van der Waals surface area contributed by atoms with E-state index in [0.29, 0.717) is 17.1 Å². The van der Waals surface area contributed by atoms with Crippen LogP contribution in [0.15, 0.2) is 46.9 Å². The summed E-state index contributed by atoms with van der Waals surface area (Å²) in [4.78, 5) is 12.2. The van der Waals surface area contributed by atoms with Gasteiger partial charge in [0.05, 0.1) is 15.1 Å². The molecule has 0 unspecified atom stereocenters. The van der Waals surface area contributed by atoms with Crippen LogP contribution in [0.4, 0.5) is 8.78 Å². The molecule has 11 heteroatoms. The molecule has 0 saturated heterocycles. The van der Waals surface area contributed by atoms with Gasteiger partial charge < -0.3 is 13.9 Å². The topological polar surface area (TPSA) is 48.7 Å². The molecule has 0 atom stereocenters. The van der Waals surface area contributed by atoms with E-state index in [0.717, 1.165) is 0 Å². The van der Waals surface area contributed by atoms with E-state index >= 15 is 0 Å². The summed E-state index contributed by atoms with van der Waals surface area (Å²) in [6, 6.07) is 8.56. The Bertz CT molecular complexity index is 1130. The van der Waals surface area contributed by atoms with E-state index in [2.05, 4.69) is 4.74 Å². The Hall–Kier alpha value is -1.96. The predicted molar refractivity (Wildman–Crippen MR) is 121 cm³/mol. The SMILES string of the molecule is O=C(/C=C/c1ccc(COc2c(Cl)c(Cl)c(Cl)c(Cl)c2Cl)o1)c1ccc(OC(F)F)cc1. The van der Waals surface area contributed by atoms with Gasteiger partial charge >= 0.3 is 6.61 Å². The molecular formula is C21H11Cl5F2O4. The van der Waals surface area contributed by atoms with Crippen LogP contribution < -0.4 is 9.47 Å². The zero-order valence-electron chi connectivity index (χ0n) is 15.7. The van der Waals surface area contributed by atoms with Crippen LogP contribution in [0.1, 0.15) is 21.9 Å². The summed E-state index contributed by atoms with van der Waals surface area (Å²) in [5.74, 6) is 0.432. The third kappa shape index (κ3) is 5.88. The minimum Gasteiger partial charge on any atom is -0.482 e. The summed E-state index contributed by atoms with van der Waals surface area (Å²) in [6.45, 7) is -2.99. The fraction of sp³-hybridized carbons (Fsp3) is 0.0952. The summed E-state index contributed by atoms with van der Waals surface area (Å²) < 4.78 is 39.8. The molecule has 4 nitrogen and oxygen atoms in total. The molecule has 0 amide bonds. The van der Waals surface area contributed by atoms with Crippen molar-refractivity contribution in [2.75, 3.05) is 0 Å². The van der Waals surface area contributed by atoms with Gasteiger partial charge in [0, 0.05) is 5.56 Å². The van der Waals surface area contributed by atoms with Crippen molar-refractivity contribution in [1.82, 2.24) is 0 Å². The number of hydrogen-bond donors (Lipinski definition) is 0. The second-order valence-electron chi connectivity index (χ2n) is 6.09. The van der Waals surface area contributed by atoms with E-state index in [1.807, 2.05) is 0 Å². The van der Waals surface area contributed by atoms with E-state index in [-0.39, 0.29) is 49.0 Å². The van der Waals surface area contributed by atoms with Crippen LogP contribution in [-0.2, 0) is 6.61 Å². The maximum atomic E-state index is 12.2. The Balaban J connectivity index is 1.64. The molecule has 0 saturated carbocycles. The van der Waals surface area contributed by atoms with Crippen LogP contribution in [0.2, 0.25) is 25.1 Å². The lowest BCUT2D eigenvalue weighted by Gasteiger charge is -2.12. The fourth-order valence-electron chi connectivity index (χ4n) is 2.47. The number of rotatable bonds is 8. The second kappa shape index (κ2) is 10.8. The molecule has 0 aliphatic heterocycles. The van der Waals surface area contributed by atoms with E-state index < -0.39 is 6.61 Å². The summed E-state index contributed by atoms with van der Waals surface area (Å²) in [7, 11) is 0. The minimum absolute atomic E-state index is 0.00751. The van der Waals surface area contributed by atoms with Crippen LogP contribution in [-0.4, -0.2) is 12.4 Å². The first-order valence-corrected chi connectivity index (χ1v) is 10.6. The van der Waals surface area contributed by atoms with Gasteiger partial charge in [-0.3, -0.25) is 4.79 Å². The molecule has 3 rings (SSSR count). The van der Waals surface area contributed by atoms with Crippen LogP contribution in [0.25, 0.3) is 6.08 Å². The number of ketones is 1. The van der Waals surface area contributed by atoms with Gasteiger partial charge in [-0.05, 0) is 48.6 Å². The van der Waals surface area contributed by atoms with Crippen molar-refractivity contribution >= 4 is 69.9 Å². The predicted octanol–water partition coefficient (Wildman–Crippen LogP) is 8.62. The van der Waals surface area contributed by atoms with Crippen molar-refractivity contribution in [2.24, 2.45) is 0 Å². The number of carbonyl (C=O) groups is 1. The van der Waals surface area contributed by atoms with Crippen molar-refractivity contribution in [3.63, 3.8) is 0 Å². The van der Waals surface area contributed by atoms with Gasteiger partial charge in [0.2, 0.25) is 0 Å². The molecule has 0 radical (unpaired) electrons. The lowest BCUT2D eigenvalue weighted by Crippen LogP contribution is -2.02. The first kappa shape index (κ1) is 24.7.